The highest BCUT2D eigenvalue weighted by molar-refractivity contribution is 8.18. The first kappa shape index (κ1) is 22.0. The molecular weight excluding hydrogens is 456 g/mol. The minimum atomic E-state index is -0.583. The molecule has 0 bridgehead atoms. The van der Waals surface area contributed by atoms with Gasteiger partial charge in [0.1, 0.15) is 24.0 Å². The lowest BCUT2D eigenvalue weighted by atomic mass is 10.1. The molecule has 32 heavy (non-hydrogen) atoms. The predicted octanol–water partition coefficient (Wildman–Crippen LogP) is 6.43. The molecule has 0 atom stereocenters. The number of hydrogen-bond donors (Lipinski definition) is 0. The van der Waals surface area contributed by atoms with E-state index in [1.807, 2.05) is 0 Å². The number of carbonyl (C=O) groups excluding carboxylic acids is 2. The molecule has 3 aromatic carbocycles. The number of thioether (sulfide) groups is 1. The Morgan fingerprint density at radius 1 is 0.969 bits per heavy atom. The molecule has 162 valence electrons. The summed E-state index contributed by atoms with van der Waals surface area (Å²) in [4.78, 5) is 26.4. The second-order valence-electron chi connectivity index (χ2n) is 6.92. The van der Waals surface area contributed by atoms with Crippen LogP contribution in [0.15, 0.2) is 71.6 Å². The van der Waals surface area contributed by atoms with Crippen molar-refractivity contribution in [3.8, 4) is 5.75 Å². The zero-order valence-electron chi connectivity index (χ0n) is 16.6. The summed E-state index contributed by atoms with van der Waals surface area (Å²) in [6.45, 7) is -0.0470. The van der Waals surface area contributed by atoms with Crippen LogP contribution in [0.3, 0.4) is 0 Å². The molecule has 0 aliphatic carbocycles. The molecule has 1 aliphatic rings. The fourth-order valence-electron chi connectivity index (χ4n) is 3.09. The van der Waals surface area contributed by atoms with Crippen molar-refractivity contribution >= 4 is 40.6 Å². The summed E-state index contributed by atoms with van der Waals surface area (Å²) in [5, 5.41) is -0.363. The van der Waals surface area contributed by atoms with Gasteiger partial charge in [-0.15, -0.1) is 0 Å². The third kappa shape index (κ3) is 4.84. The smallest absolute Gasteiger partial charge is 0.293 e. The van der Waals surface area contributed by atoms with Crippen LogP contribution in [-0.4, -0.2) is 16.0 Å². The Hall–Kier alpha value is -3.16. The Morgan fingerprint density at radius 2 is 1.72 bits per heavy atom. The highest BCUT2D eigenvalue weighted by atomic mass is 35.5. The Kier molecular flexibility index (Phi) is 6.58. The molecule has 1 saturated heterocycles. The van der Waals surface area contributed by atoms with Gasteiger partial charge in [-0.2, -0.15) is 0 Å². The lowest BCUT2D eigenvalue weighted by Gasteiger charge is -2.14. The molecule has 1 aliphatic heterocycles. The largest absolute Gasteiger partial charge is 0.488 e. The van der Waals surface area contributed by atoms with Gasteiger partial charge in [0.2, 0.25) is 0 Å². The summed E-state index contributed by atoms with van der Waals surface area (Å²) in [5.41, 5.74) is 1.47. The molecule has 4 nitrogen and oxygen atoms in total. The van der Waals surface area contributed by atoms with Gasteiger partial charge in [-0.1, -0.05) is 48.0 Å². The SMILES string of the molecule is O=C1S/C(=C\c2ccccc2OCc2ccc(F)cc2)C(=O)N1Cc1c(F)cccc1Cl. The van der Waals surface area contributed by atoms with Crippen LogP contribution in [0, 0.1) is 11.6 Å². The third-order valence-electron chi connectivity index (χ3n) is 4.76. The number of amides is 2. The van der Waals surface area contributed by atoms with E-state index < -0.39 is 17.0 Å². The van der Waals surface area contributed by atoms with Crippen LogP contribution in [0.1, 0.15) is 16.7 Å². The number of rotatable bonds is 6. The van der Waals surface area contributed by atoms with Gasteiger partial charge in [-0.25, -0.2) is 8.78 Å². The first-order valence-electron chi connectivity index (χ1n) is 9.57. The van der Waals surface area contributed by atoms with Gasteiger partial charge < -0.3 is 4.74 Å². The molecule has 3 aromatic rings. The van der Waals surface area contributed by atoms with Crippen molar-refractivity contribution in [3.63, 3.8) is 0 Å². The molecule has 8 heteroatoms. The lowest BCUT2D eigenvalue weighted by molar-refractivity contribution is -0.123. The normalized spacial score (nSPS) is 15.0. The zero-order valence-corrected chi connectivity index (χ0v) is 18.1. The average Bonchev–Trinajstić information content (AvgIpc) is 3.04. The van der Waals surface area contributed by atoms with E-state index in [0.29, 0.717) is 11.3 Å². The number of benzene rings is 3. The Morgan fingerprint density at radius 3 is 2.47 bits per heavy atom. The van der Waals surface area contributed by atoms with E-state index in [9.17, 15) is 18.4 Å². The summed E-state index contributed by atoms with van der Waals surface area (Å²) in [5.74, 6) is -0.949. The van der Waals surface area contributed by atoms with Crippen LogP contribution in [0.25, 0.3) is 6.08 Å². The maximum absolute atomic E-state index is 14.1. The zero-order chi connectivity index (χ0) is 22.7. The number of carbonyl (C=O) groups is 2. The van der Waals surface area contributed by atoms with Crippen molar-refractivity contribution in [2.45, 2.75) is 13.2 Å². The number of hydrogen-bond acceptors (Lipinski definition) is 4. The van der Waals surface area contributed by atoms with Crippen molar-refractivity contribution in [1.82, 2.24) is 4.90 Å². The Bertz CT molecular complexity index is 1190. The molecule has 0 saturated carbocycles. The van der Waals surface area contributed by atoms with Gasteiger partial charge in [0.15, 0.2) is 0 Å². The van der Waals surface area contributed by atoms with Crippen molar-refractivity contribution in [1.29, 1.82) is 0 Å². The molecular formula is C24H16ClF2NO3S. The Labute approximate surface area is 192 Å². The standard InChI is InChI=1S/C24H16ClF2NO3S/c25-19-5-3-6-20(27)18(19)13-28-23(29)22(32-24(28)30)12-16-4-1-2-7-21(16)31-14-15-8-10-17(26)11-9-15/h1-12H,13-14H2/b22-12-. The second-order valence-corrected chi connectivity index (χ2v) is 8.32. The number of para-hydroxylation sites is 1. The van der Waals surface area contributed by atoms with Crippen LogP contribution < -0.4 is 4.74 Å². The number of nitrogens with zero attached hydrogens (tertiary/aromatic N) is 1. The van der Waals surface area contributed by atoms with E-state index >= 15 is 0 Å². The van der Waals surface area contributed by atoms with Gasteiger partial charge in [-0.05, 0) is 53.7 Å². The fraction of sp³-hybridized carbons (Fsp3) is 0.0833. The molecule has 0 aromatic heterocycles. The first-order chi connectivity index (χ1) is 15.4. The molecule has 1 heterocycles. The first-order valence-corrected chi connectivity index (χ1v) is 10.8. The number of halogens is 3. The van der Waals surface area contributed by atoms with Crippen molar-refractivity contribution in [3.05, 3.63) is 105 Å². The molecule has 0 radical (unpaired) electrons. The maximum atomic E-state index is 14.1. The fourth-order valence-corrected chi connectivity index (χ4v) is 4.14. The van der Waals surface area contributed by atoms with Gasteiger partial charge in [0.05, 0.1) is 11.4 Å². The molecule has 0 unspecified atom stereocenters. The number of imide groups is 1. The highest BCUT2D eigenvalue weighted by Gasteiger charge is 2.36. The quantitative estimate of drug-likeness (QED) is 0.388. The monoisotopic (exact) mass is 471 g/mol. The van der Waals surface area contributed by atoms with Crippen molar-refractivity contribution in [2.24, 2.45) is 0 Å². The topological polar surface area (TPSA) is 46.6 Å². The number of ether oxygens (including phenoxy) is 1. The van der Waals surface area contributed by atoms with Crippen LogP contribution in [0.5, 0.6) is 5.75 Å². The molecule has 2 amide bonds. The van der Waals surface area contributed by atoms with E-state index in [-0.39, 0.29) is 34.5 Å². The van der Waals surface area contributed by atoms with Gasteiger partial charge in [0, 0.05) is 16.1 Å². The summed E-state index contributed by atoms with van der Waals surface area (Å²) >= 11 is 6.80. The van der Waals surface area contributed by atoms with E-state index in [1.165, 1.54) is 30.3 Å². The summed E-state index contributed by atoms with van der Waals surface area (Å²) < 4.78 is 33.0. The highest BCUT2D eigenvalue weighted by Crippen LogP contribution is 2.36. The van der Waals surface area contributed by atoms with E-state index in [0.717, 1.165) is 22.2 Å². The van der Waals surface area contributed by atoms with E-state index in [4.69, 9.17) is 16.3 Å². The van der Waals surface area contributed by atoms with Crippen molar-refractivity contribution < 1.29 is 23.1 Å². The Balaban J connectivity index is 1.53. The van der Waals surface area contributed by atoms with Gasteiger partial charge in [-0.3, -0.25) is 14.5 Å². The van der Waals surface area contributed by atoms with E-state index in [2.05, 4.69) is 0 Å². The summed E-state index contributed by atoms with van der Waals surface area (Å²) in [7, 11) is 0. The lowest BCUT2D eigenvalue weighted by Crippen LogP contribution is -2.28. The molecule has 0 N–H and O–H groups in total. The average molecular weight is 472 g/mol. The summed E-state index contributed by atoms with van der Waals surface area (Å²) in [6.07, 6.45) is 1.56. The van der Waals surface area contributed by atoms with E-state index in [1.54, 1.807) is 42.5 Å². The van der Waals surface area contributed by atoms with Crippen LogP contribution >= 0.6 is 23.4 Å². The minimum Gasteiger partial charge on any atom is -0.488 e. The predicted molar refractivity (Wildman–Crippen MR) is 120 cm³/mol. The molecule has 1 fully saturated rings. The third-order valence-corrected chi connectivity index (χ3v) is 6.03. The molecule has 4 rings (SSSR count). The van der Waals surface area contributed by atoms with Crippen LogP contribution in [-0.2, 0) is 17.9 Å². The molecule has 0 spiro atoms. The van der Waals surface area contributed by atoms with Crippen molar-refractivity contribution in [2.75, 3.05) is 0 Å². The summed E-state index contributed by atoms with van der Waals surface area (Å²) in [6, 6.07) is 17.2. The van der Waals surface area contributed by atoms with Crippen LogP contribution in [0.2, 0.25) is 5.02 Å². The minimum absolute atomic E-state index is 0.0840. The van der Waals surface area contributed by atoms with Crippen LogP contribution in [0.4, 0.5) is 13.6 Å². The maximum Gasteiger partial charge on any atom is 0.293 e. The second kappa shape index (κ2) is 9.54. The van der Waals surface area contributed by atoms with Gasteiger partial charge in [0.25, 0.3) is 11.1 Å². The van der Waals surface area contributed by atoms with Gasteiger partial charge >= 0.3 is 0 Å².